The maximum absolute atomic E-state index is 11.9. The predicted molar refractivity (Wildman–Crippen MR) is 74.0 cm³/mol. The number of rotatable bonds is 5. The summed E-state index contributed by atoms with van der Waals surface area (Å²) in [5.41, 5.74) is 0.607. The van der Waals surface area contributed by atoms with Crippen LogP contribution in [0.3, 0.4) is 0 Å². The third-order valence-corrected chi connectivity index (χ3v) is 3.95. The summed E-state index contributed by atoms with van der Waals surface area (Å²) in [5.74, 6) is -1.13. The van der Waals surface area contributed by atoms with Gasteiger partial charge in [-0.25, -0.2) is 18.4 Å². The number of ether oxygens (including phenoxy) is 1. The number of esters is 1. The number of carbonyl (C=O) groups is 2. The molecule has 0 unspecified atom stereocenters. The highest BCUT2D eigenvalue weighted by Crippen LogP contribution is 2.18. The Morgan fingerprint density at radius 2 is 2.05 bits per heavy atom. The first kappa shape index (κ1) is 15.5. The van der Waals surface area contributed by atoms with Gasteiger partial charge in [0.25, 0.3) is 5.91 Å². The average Bonchev–Trinajstić information content (AvgIpc) is 3.19. The van der Waals surface area contributed by atoms with Crippen molar-refractivity contribution >= 4 is 21.9 Å². The third kappa shape index (κ3) is 4.27. The summed E-state index contributed by atoms with van der Waals surface area (Å²) in [6.07, 6.45) is 1.88. The summed E-state index contributed by atoms with van der Waals surface area (Å²) >= 11 is 0. The summed E-state index contributed by atoms with van der Waals surface area (Å²) in [7, 11) is -3.90. The number of hydrogen-bond donors (Lipinski definition) is 2. The quantitative estimate of drug-likeness (QED) is 0.747. The van der Waals surface area contributed by atoms with E-state index < -0.39 is 22.6 Å². The molecule has 1 saturated carbocycles. The number of carbonyl (C=O) groups excluding carboxylic acids is 2. The molecule has 1 amide bonds. The average molecular weight is 312 g/mol. The van der Waals surface area contributed by atoms with Gasteiger partial charge < -0.3 is 10.1 Å². The normalized spacial score (nSPS) is 14.6. The van der Waals surface area contributed by atoms with E-state index >= 15 is 0 Å². The van der Waals surface area contributed by atoms with E-state index in [9.17, 15) is 18.0 Å². The highest BCUT2D eigenvalue weighted by atomic mass is 32.2. The van der Waals surface area contributed by atoms with Crippen molar-refractivity contribution in [1.29, 1.82) is 0 Å². The van der Waals surface area contributed by atoms with Crippen molar-refractivity contribution in [3.63, 3.8) is 0 Å². The minimum absolute atomic E-state index is 0.0701. The molecule has 114 valence electrons. The molecule has 0 bridgehead atoms. The molecule has 1 aliphatic rings. The highest BCUT2D eigenvalue weighted by Gasteiger charge is 2.24. The smallest absolute Gasteiger partial charge is 0.338 e. The maximum Gasteiger partial charge on any atom is 0.338 e. The van der Waals surface area contributed by atoms with E-state index in [1.165, 1.54) is 12.1 Å². The number of nitrogens with one attached hydrogen (secondary N) is 1. The zero-order chi connectivity index (χ0) is 15.6. The number of benzene rings is 1. The van der Waals surface area contributed by atoms with Crippen LogP contribution in [-0.2, 0) is 19.6 Å². The molecule has 0 aromatic heterocycles. The highest BCUT2D eigenvalue weighted by molar-refractivity contribution is 7.89. The summed E-state index contributed by atoms with van der Waals surface area (Å²) in [4.78, 5) is 23.2. The van der Waals surface area contributed by atoms with Crippen LogP contribution < -0.4 is 10.5 Å². The van der Waals surface area contributed by atoms with E-state index in [0.29, 0.717) is 5.56 Å². The molecule has 1 aromatic carbocycles. The van der Waals surface area contributed by atoms with Gasteiger partial charge in [-0.3, -0.25) is 4.79 Å². The van der Waals surface area contributed by atoms with Crippen LogP contribution >= 0.6 is 0 Å². The molecule has 1 fully saturated rings. The third-order valence-electron chi connectivity index (χ3n) is 3.03. The van der Waals surface area contributed by atoms with Crippen molar-refractivity contribution in [1.82, 2.24) is 5.32 Å². The first-order valence-electron chi connectivity index (χ1n) is 6.37. The first-order chi connectivity index (χ1) is 9.77. The number of hydrogen-bond acceptors (Lipinski definition) is 5. The molecule has 1 aliphatic carbocycles. The Morgan fingerprint density at radius 3 is 2.62 bits per heavy atom. The van der Waals surface area contributed by atoms with Crippen LogP contribution in [0.25, 0.3) is 0 Å². The molecule has 3 N–H and O–H groups in total. The minimum Gasteiger partial charge on any atom is -0.452 e. The second-order valence-electron chi connectivity index (χ2n) is 4.94. The van der Waals surface area contributed by atoms with E-state index in [-0.39, 0.29) is 22.4 Å². The molecule has 0 saturated heterocycles. The standard InChI is InChI=1S/C13H16N2O5S/c1-8-2-5-10(21(14,18)19)6-11(8)13(17)20-7-12(16)15-9-3-4-9/h2,5-6,9H,3-4,7H2,1H3,(H,15,16)(H2,14,18,19). The van der Waals surface area contributed by atoms with Gasteiger partial charge in [0.05, 0.1) is 10.5 Å². The van der Waals surface area contributed by atoms with Gasteiger partial charge in [-0.15, -0.1) is 0 Å². The van der Waals surface area contributed by atoms with E-state index in [2.05, 4.69) is 5.32 Å². The second kappa shape index (κ2) is 5.82. The lowest BCUT2D eigenvalue weighted by Gasteiger charge is -2.08. The van der Waals surface area contributed by atoms with Gasteiger partial charge in [-0.05, 0) is 37.5 Å². The van der Waals surface area contributed by atoms with Crippen molar-refractivity contribution < 1.29 is 22.7 Å². The van der Waals surface area contributed by atoms with Crippen molar-refractivity contribution in [3.05, 3.63) is 29.3 Å². The molecular weight excluding hydrogens is 296 g/mol. The number of sulfonamides is 1. The fourth-order valence-electron chi connectivity index (χ4n) is 1.70. The number of aryl methyl sites for hydroxylation is 1. The first-order valence-corrected chi connectivity index (χ1v) is 7.92. The second-order valence-corrected chi connectivity index (χ2v) is 6.50. The number of nitrogens with two attached hydrogens (primary N) is 1. The Morgan fingerprint density at radius 1 is 1.38 bits per heavy atom. The van der Waals surface area contributed by atoms with Gasteiger partial charge >= 0.3 is 5.97 Å². The number of amides is 1. The summed E-state index contributed by atoms with van der Waals surface area (Å²) < 4.78 is 27.4. The molecular formula is C13H16N2O5S. The Hall–Kier alpha value is -1.93. The van der Waals surface area contributed by atoms with Crippen LogP contribution in [-0.4, -0.2) is 32.9 Å². The van der Waals surface area contributed by atoms with E-state index in [1.54, 1.807) is 6.92 Å². The van der Waals surface area contributed by atoms with E-state index in [1.807, 2.05) is 0 Å². The lowest BCUT2D eigenvalue weighted by atomic mass is 10.1. The van der Waals surface area contributed by atoms with Crippen molar-refractivity contribution in [2.45, 2.75) is 30.7 Å². The van der Waals surface area contributed by atoms with Gasteiger partial charge in [0, 0.05) is 6.04 Å². The zero-order valence-electron chi connectivity index (χ0n) is 11.5. The van der Waals surface area contributed by atoms with Crippen LogP contribution in [0.1, 0.15) is 28.8 Å². The Labute approximate surface area is 122 Å². The molecule has 1 aromatic rings. The monoisotopic (exact) mass is 312 g/mol. The van der Waals surface area contributed by atoms with Crippen LogP contribution in [0.2, 0.25) is 0 Å². The van der Waals surface area contributed by atoms with Gasteiger partial charge in [0.1, 0.15) is 0 Å². The number of primary sulfonamides is 1. The Balaban J connectivity index is 2.05. The SMILES string of the molecule is Cc1ccc(S(N)(=O)=O)cc1C(=O)OCC(=O)NC1CC1. The van der Waals surface area contributed by atoms with E-state index in [4.69, 9.17) is 9.88 Å². The van der Waals surface area contributed by atoms with Gasteiger partial charge in [-0.1, -0.05) is 6.07 Å². The van der Waals surface area contributed by atoms with Crippen LogP contribution in [0, 0.1) is 6.92 Å². The largest absolute Gasteiger partial charge is 0.452 e. The maximum atomic E-state index is 11.9. The molecule has 7 nitrogen and oxygen atoms in total. The fourth-order valence-corrected chi connectivity index (χ4v) is 2.24. The molecule has 0 atom stereocenters. The van der Waals surface area contributed by atoms with Crippen LogP contribution in [0.5, 0.6) is 0 Å². The minimum atomic E-state index is -3.90. The molecule has 0 radical (unpaired) electrons. The van der Waals surface area contributed by atoms with Crippen molar-refractivity contribution in [2.75, 3.05) is 6.61 Å². The summed E-state index contributed by atoms with van der Waals surface area (Å²) in [6, 6.07) is 4.09. The molecule has 0 aliphatic heterocycles. The molecule has 0 spiro atoms. The molecule has 8 heteroatoms. The van der Waals surface area contributed by atoms with Crippen LogP contribution in [0.4, 0.5) is 0 Å². The van der Waals surface area contributed by atoms with Gasteiger partial charge in [0.15, 0.2) is 6.61 Å². The van der Waals surface area contributed by atoms with Crippen molar-refractivity contribution in [3.8, 4) is 0 Å². The van der Waals surface area contributed by atoms with Crippen molar-refractivity contribution in [2.24, 2.45) is 5.14 Å². The lowest BCUT2D eigenvalue weighted by molar-refractivity contribution is -0.124. The molecule has 0 heterocycles. The van der Waals surface area contributed by atoms with Gasteiger partial charge in [0.2, 0.25) is 10.0 Å². The molecule has 2 rings (SSSR count). The topological polar surface area (TPSA) is 116 Å². The predicted octanol–water partition coefficient (Wildman–Crippen LogP) is 0.0778. The van der Waals surface area contributed by atoms with Crippen LogP contribution in [0.15, 0.2) is 23.1 Å². The Kier molecular flexibility index (Phi) is 4.29. The zero-order valence-corrected chi connectivity index (χ0v) is 12.3. The summed E-state index contributed by atoms with van der Waals surface area (Å²) in [6.45, 7) is 1.24. The summed E-state index contributed by atoms with van der Waals surface area (Å²) in [5, 5.41) is 7.69. The molecule has 21 heavy (non-hydrogen) atoms. The Bertz CT molecular complexity index is 680. The van der Waals surface area contributed by atoms with E-state index in [0.717, 1.165) is 18.9 Å². The van der Waals surface area contributed by atoms with Gasteiger partial charge in [-0.2, -0.15) is 0 Å². The lowest BCUT2D eigenvalue weighted by Crippen LogP contribution is -2.30. The fraction of sp³-hybridized carbons (Fsp3) is 0.385.